The third kappa shape index (κ3) is 1.97. The number of benzene rings is 1. The van der Waals surface area contributed by atoms with Crippen LogP contribution in [0.3, 0.4) is 0 Å². The van der Waals surface area contributed by atoms with E-state index in [2.05, 4.69) is 5.32 Å². The van der Waals surface area contributed by atoms with E-state index in [-0.39, 0.29) is 5.92 Å². The smallest absolute Gasteiger partial charge is 0.151 e. The Morgan fingerprint density at radius 2 is 2.21 bits per heavy atom. The molecule has 1 unspecified atom stereocenters. The Hall–Kier alpha value is -0.860. The van der Waals surface area contributed by atoms with Gasteiger partial charge in [-0.1, -0.05) is 29.8 Å². The molecule has 1 heterocycles. The number of ketones is 1. The highest BCUT2D eigenvalue weighted by Crippen LogP contribution is 2.20. The molecule has 74 valence electrons. The van der Waals surface area contributed by atoms with Crippen LogP contribution in [-0.4, -0.2) is 18.9 Å². The first-order chi connectivity index (χ1) is 6.77. The molecule has 1 aliphatic heterocycles. The average molecular weight is 210 g/mol. The van der Waals surface area contributed by atoms with E-state index in [1.54, 1.807) is 0 Å². The lowest BCUT2D eigenvalue weighted by molar-refractivity contribution is -0.119. The van der Waals surface area contributed by atoms with Gasteiger partial charge in [-0.05, 0) is 18.1 Å². The van der Waals surface area contributed by atoms with Gasteiger partial charge >= 0.3 is 0 Å². The number of Topliss-reactive ketones (excluding diaryl/α,β-unsaturated/α-hetero) is 1. The molecule has 1 N–H and O–H groups in total. The summed E-state index contributed by atoms with van der Waals surface area (Å²) in [6, 6.07) is 7.70. The van der Waals surface area contributed by atoms with Gasteiger partial charge in [0.1, 0.15) is 0 Å². The van der Waals surface area contributed by atoms with Gasteiger partial charge in [0.15, 0.2) is 5.78 Å². The van der Waals surface area contributed by atoms with E-state index in [4.69, 9.17) is 11.6 Å². The van der Waals surface area contributed by atoms with Crippen molar-refractivity contribution in [3.63, 3.8) is 0 Å². The van der Waals surface area contributed by atoms with Gasteiger partial charge < -0.3 is 5.32 Å². The first-order valence-corrected chi connectivity index (χ1v) is 5.12. The molecule has 1 aromatic carbocycles. The summed E-state index contributed by atoms with van der Waals surface area (Å²) in [5.74, 6) is 0.403. The van der Waals surface area contributed by atoms with Gasteiger partial charge in [-0.25, -0.2) is 0 Å². The first kappa shape index (κ1) is 9.69. The molecule has 1 aromatic rings. The van der Waals surface area contributed by atoms with E-state index >= 15 is 0 Å². The predicted octanol–water partition coefficient (Wildman–Crippen LogP) is 1.67. The Morgan fingerprint density at radius 1 is 1.43 bits per heavy atom. The Bertz CT molecular complexity index is 351. The number of nitrogens with one attached hydrogen (secondary N) is 1. The molecule has 14 heavy (non-hydrogen) atoms. The molecule has 0 aromatic heterocycles. The van der Waals surface area contributed by atoms with E-state index in [1.807, 2.05) is 24.3 Å². The summed E-state index contributed by atoms with van der Waals surface area (Å²) in [6.45, 7) is 1.29. The molecular formula is C11H12ClNO. The van der Waals surface area contributed by atoms with Crippen molar-refractivity contribution >= 4 is 17.4 Å². The fourth-order valence-corrected chi connectivity index (χ4v) is 1.96. The van der Waals surface area contributed by atoms with Crippen molar-refractivity contribution in [2.45, 2.75) is 6.42 Å². The number of hydrogen-bond donors (Lipinski definition) is 1. The maximum atomic E-state index is 11.4. The Labute approximate surface area is 88.3 Å². The summed E-state index contributed by atoms with van der Waals surface area (Å²) < 4.78 is 0. The van der Waals surface area contributed by atoms with Gasteiger partial charge in [0.05, 0.1) is 6.54 Å². The van der Waals surface area contributed by atoms with Crippen LogP contribution >= 0.6 is 11.6 Å². The Kier molecular flexibility index (Phi) is 2.85. The Morgan fingerprint density at radius 3 is 2.86 bits per heavy atom. The summed E-state index contributed by atoms with van der Waals surface area (Å²) in [4.78, 5) is 11.4. The number of halogens is 1. The van der Waals surface area contributed by atoms with E-state index < -0.39 is 0 Å². The van der Waals surface area contributed by atoms with Crippen LogP contribution in [0.2, 0.25) is 5.02 Å². The van der Waals surface area contributed by atoms with Crippen LogP contribution in [0.5, 0.6) is 0 Å². The summed E-state index contributed by atoms with van der Waals surface area (Å²) in [5.41, 5.74) is 1.07. The van der Waals surface area contributed by atoms with Crippen molar-refractivity contribution in [3.8, 4) is 0 Å². The second-order valence-electron chi connectivity index (χ2n) is 3.59. The predicted molar refractivity (Wildman–Crippen MR) is 56.5 cm³/mol. The summed E-state index contributed by atoms with van der Waals surface area (Å²) in [7, 11) is 0. The second kappa shape index (κ2) is 4.11. The van der Waals surface area contributed by atoms with Crippen molar-refractivity contribution in [2.24, 2.45) is 5.92 Å². The van der Waals surface area contributed by atoms with Gasteiger partial charge in [-0.3, -0.25) is 4.79 Å². The van der Waals surface area contributed by atoms with Crippen LogP contribution < -0.4 is 5.32 Å². The maximum Gasteiger partial charge on any atom is 0.151 e. The minimum atomic E-state index is 0.106. The fourth-order valence-electron chi connectivity index (χ4n) is 1.74. The van der Waals surface area contributed by atoms with Gasteiger partial charge in [0.25, 0.3) is 0 Å². The van der Waals surface area contributed by atoms with Gasteiger partial charge in [0, 0.05) is 17.5 Å². The number of hydrogen-bond acceptors (Lipinski definition) is 2. The standard InChI is InChI=1S/C11H12ClNO/c12-10-4-2-1-3-8(10)5-9-6-13-7-11(9)14/h1-4,9,13H,5-7H2. The van der Waals surface area contributed by atoms with Crippen molar-refractivity contribution in [2.75, 3.05) is 13.1 Å². The summed E-state index contributed by atoms with van der Waals surface area (Å²) in [5, 5.41) is 3.83. The van der Waals surface area contributed by atoms with Crippen LogP contribution in [0.25, 0.3) is 0 Å². The molecule has 1 fully saturated rings. The molecule has 2 nitrogen and oxygen atoms in total. The lowest BCUT2D eigenvalue weighted by Crippen LogP contribution is -2.14. The third-order valence-corrected chi connectivity index (χ3v) is 2.94. The Balaban J connectivity index is 2.10. The van der Waals surface area contributed by atoms with Gasteiger partial charge in [0.2, 0.25) is 0 Å². The molecule has 0 bridgehead atoms. The maximum absolute atomic E-state index is 11.4. The van der Waals surface area contributed by atoms with Crippen molar-refractivity contribution in [1.29, 1.82) is 0 Å². The largest absolute Gasteiger partial charge is 0.309 e. The molecule has 3 heteroatoms. The monoisotopic (exact) mass is 209 g/mol. The normalized spacial score (nSPS) is 21.5. The third-order valence-electron chi connectivity index (χ3n) is 2.57. The average Bonchev–Trinajstić information content (AvgIpc) is 2.56. The van der Waals surface area contributed by atoms with Crippen LogP contribution in [0.1, 0.15) is 5.56 Å². The highest BCUT2D eigenvalue weighted by atomic mass is 35.5. The minimum Gasteiger partial charge on any atom is -0.309 e. The number of rotatable bonds is 2. The molecule has 0 aliphatic carbocycles. The molecule has 0 amide bonds. The zero-order valence-electron chi connectivity index (χ0n) is 7.79. The quantitative estimate of drug-likeness (QED) is 0.803. The van der Waals surface area contributed by atoms with E-state index in [0.29, 0.717) is 12.3 Å². The zero-order chi connectivity index (χ0) is 9.97. The van der Waals surface area contributed by atoms with Crippen molar-refractivity contribution in [3.05, 3.63) is 34.9 Å². The molecule has 2 rings (SSSR count). The van der Waals surface area contributed by atoms with Crippen LogP contribution in [0, 0.1) is 5.92 Å². The molecule has 0 spiro atoms. The van der Waals surface area contributed by atoms with Gasteiger partial charge in [-0.15, -0.1) is 0 Å². The van der Waals surface area contributed by atoms with E-state index in [1.165, 1.54) is 0 Å². The van der Waals surface area contributed by atoms with Gasteiger partial charge in [-0.2, -0.15) is 0 Å². The molecule has 0 saturated carbocycles. The SMILES string of the molecule is O=C1CNCC1Cc1ccccc1Cl. The van der Waals surface area contributed by atoms with Crippen molar-refractivity contribution in [1.82, 2.24) is 5.32 Å². The van der Waals surface area contributed by atoms with Crippen LogP contribution in [0.15, 0.2) is 24.3 Å². The number of carbonyl (C=O) groups is 1. The molecule has 1 atom stereocenters. The van der Waals surface area contributed by atoms with E-state index in [9.17, 15) is 4.79 Å². The number of carbonyl (C=O) groups excluding carboxylic acids is 1. The topological polar surface area (TPSA) is 29.1 Å². The minimum absolute atomic E-state index is 0.106. The highest BCUT2D eigenvalue weighted by Gasteiger charge is 2.24. The first-order valence-electron chi connectivity index (χ1n) is 4.74. The lowest BCUT2D eigenvalue weighted by Gasteiger charge is -2.08. The molecule has 1 aliphatic rings. The van der Waals surface area contributed by atoms with E-state index in [0.717, 1.165) is 23.6 Å². The second-order valence-corrected chi connectivity index (χ2v) is 4.00. The van der Waals surface area contributed by atoms with Crippen LogP contribution in [0.4, 0.5) is 0 Å². The van der Waals surface area contributed by atoms with Crippen molar-refractivity contribution < 1.29 is 4.79 Å². The highest BCUT2D eigenvalue weighted by molar-refractivity contribution is 6.31. The lowest BCUT2D eigenvalue weighted by atomic mass is 9.98. The summed E-state index contributed by atoms with van der Waals surface area (Å²) in [6.07, 6.45) is 0.755. The zero-order valence-corrected chi connectivity index (χ0v) is 8.55. The molecule has 1 saturated heterocycles. The summed E-state index contributed by atoms with van der Waals surface area (Å²) >= 11 is 6.02. The molecule has 0 radical (unpaired) electrons. The fraction of sp³-hybridized carbons (Fsp3) is 0.364. The van der Waals surface area contributed by atoms with Crippen LogP contribution in [-0.2, 0) is 11.2 Å². The molecular weight excluding hydrogens is 198 g/mol.